The molecule has 0 radical (unpaired) electrons. The summed E-state index contributed by atoms with van der Waals surface area (Å²) >= 11 is 0. The molecule has 3 aromatic rings. The van der Waals surface area contributed by atoms with Gasteiger partial charge in [-0.25, -0.2) is 9.67 Å². The van der Waals surface area contributed by atoms with E-state index in [4.69, 9.17) is 4.74 Å². The fraction of sp³-hybridized carbons (Fsp3) is 0.400. The van der Waals surface area contributed by atoms with Crippen molar-refractivity contribution < 1.29 is 9.53 Å². The van der Waals surface area contributed by atoms with Crippen LogP contribution in [0.25, 0.3) is 5.82 Å². The molecule has 1 aromatic carbocycles. The molecular weight excluding hydrogens is 402 g/mol. The van der Waals surface area contributed by atoms with Gasteiger partial charge in [0.2, 0.25) is 0 Å². The molecule has 1 aliphatic heterocycles. The maximum Gasteiger partial charge on any atom is 0.254 e. The van der Waals surface area contributed by atoms with Crippen molar-refractivity contribution in [3.63, 3.8) is 0 Å². The first-order valence-electron chi connectivity index (χ1n) is 11.4. The molecule has 4 rings (SSSR count). The standard InChI is InChI=1S/C25H31N5O2/c1-3-22-21(17-28-30(22)24-9-5-6-14-26-24)25(31)27-18-23(29-15-7-4-8-16-29)19-10-12-20(32-2)13-11-19/h5-6,9-14,17,23H,3-4,7-8,15-16,18H2,1-2H3,(H,27,31). The number of methoxy groups -OCH3 is 1. The van der Waals surface area contributed by atoms with Crippen LogP contribution in [-0.4, -0.2) is 52.3 Å². The summed E-state index contributed by atoms with van der Waals surface area (Å²) in [6.07, 6.45) is 7.72. The fourth-order valence-electron chi connectivity index (χ4n) is 4.38. The number of ether oxygens (including phenoxy) is 1. The lowest BCUT2D eigenvalue weighted by molar-refractivity contribution is 0.0923. The van der Waals surface area contributed by atoms with Gasteiger partial charge in [-0.3, -0.25) is 9.69 Å². The Bertz CT molecular complexity index is 1010. The van der Waals surface area contributed by atoms with Gasteiger partial charge < -0.3 is 10.1 Å². The number of benzene rings is 1. The van der Waals surface area contributed by atoms with Crippen molar-refractivity contribution in [3.8, 4) is 11.6 Å². The Labute approximate surface area is 189 Å². The number of likely N-dealkylation sites (tertiary alicyclic amines) is 1. The maximum atomic E-state index is 13.2. The number of carbonyl (C=O) groups is 1. The quantitative estimate of drug-likeness (QED) is 0.585. The number of piperidine rings is 1. The molecule has 1 unspecified atom stereocenters. The predicted molar refractivity (Wildman–Crippen MR) is 124 cm³/mol. The molecule has 1 fully saturated rings. The van der Waals surface area contributed by atoms with Gasteiger partial charge in [0.1, 0.15) is 5.75 Å². The summed E-state index contributed by atoms with van der Waals surface area (Å²) in [5, 5.41) is 7.62. The minimum Gasteiger partial charge on any atom is -0.497 e. The second-order valence-corrected chi connectivity index (χ2v) is 8.05. The van der Waals surface area contributed by atoms with Crippen molar-refractivity contribution in [1.82, 2.24) is 25.0 Å². The molecule has 0 spiro atoms. The summed E-state index contributed by atoms with van der Waals surface area (Å²) in [5.74, 6) is 1.46. The Morgan fingerprint density at radius 2 is 1.91 bits per heavy atom. The molecule has 3 heterocycles. The van der Waals surface area contributed by atoms with E-state index in [1.165, 1.54) is 24.8 Å². The molecule has 1 aliphatic rings. The Hall–Kier alpha value is -3.19. The number of hydrogen-bond acceptors (Lipinski definition) is 5. The van der Waals surface area contributed by atoms with E-state index in [0.717, 1.165) is 24.5 Å². The van der Waals surface area contributed by atoms with Crippen LogP contribution >= 0.6 is 0 Å². The summed E-state index contributed by atoms with van der Waals surface area (Å²) in [4.78, 5) is 20.0. The number of rotatable bonds is 8. The van der Waals surface area contributed by atoms with Crippen molar-refractivity contribution in [2.75, 3.05) is 26.7 Å². The minimum atomic E-state index is -0.0976. The number of nitrogens with one attached hydrogen (secondary N) is 1. The SMILES string of the molecule is CCc1c(C(=O)NCC(c2ccc(OC)cc2)N2CCCCC2)cnn1-c1ccccn1. The summed E-state index contributed by atoms with van der Waals surface area (Å²) in [7, 11) is 1.67. The largest absolute Gasteiger partial charge is 0.497 e. The normalized spacial score (nSPS) is 15.3. The second-order valence-electron chi connectivity index (χ2n) is 8.05. The Morgan fingerprint density at radius 3 is 2.56 bits per heavy atom. The molecule has 0 saturated carbocycles. The average molecular weight is 434 g/mol. The molecule has 168 valence electrons. The summed E-state index contributed by atoms with van der Waals surface area (Å²) in [6.45, 7) is 4.67. The smallest absolute Gasteiger partial charge is 0.254 e. The Balaban J connectivity index is 1.52. The van der Waals surface area contributed by atoms with E-state index in [1.54, 1.807) is 24.2 Å². The highest BCUT2D eigenvalue weighted by molar-refractivity contribution is 5.95. The van der Waals surface area contributed by atoms with Crippen LogP contribution in [0.15, 0.2) is 54.9 Å². The molecule has 1 saturated heterocycles. The summed E-state index contributed by atoms with van der Waals surface area (Å²) < 4.78 is 7.07. The second kappa shape index (κ2) is 10.4. The molecule has 1 atom stereocenters. The van der Waals surface area contributed by atoms with Crippen LogP contribution in [0.3, 0.4) is 0 Å². The lowest BCUT2D eigenvalue weighted by atomic mass is 10.0. The summed E-state index contributed by atoms with van der Waals surface area (Å²) in [5.41, 5.74) is 2.65. The zero-order valence-electron chi connectivity index (χ0n) is 18.8. The highest BCUT2D eigenvalue weighted by atomic mass is 16.5. The van der Waals surface area contributed by atoms with E-state index in [0.29, 0.717) is 24.3 Å². The van der Waals surface area contributed by atoms with Crippen LogP contribution in [0, 0.1) is 0 Å². The number of nitrogens with zero attached hydrogens (tertiary/aromatic N) is 4. The average Bonchev–Trinajstić information content (AvgIpc) is 3.30. The molecule has 7 heteroatoms. The van der Waals surface area contributed by atoms with E-state index >= 15 is 0 Å². The fourth-order valence-corrected chi connectivity index (χ4v) is 4.38. The minimum absolute atomic E-state index is 0.0976. The monoisotopic (exact) mass is 433 g/mol. The zero-order valence-corrected chi connectivity index (χ0v) is 18.8. The molecule has 1 N–H and O–H groups in total. The first-order chi connectivity index (χ1) is 15.7. The number of carbonyl (C=O) groups excluding carboxylic acids is 1. The lowest BCUT2D eigenvalue weighted by Crippen LogP contribution is -2.40. The van der Waals surface area contributed by atoms with Gasteiger partial charge in [-0.15, -0.1) is 0 Å². The van der Waals surface area contributed by atoms with Crippen molar-refractivity contribution in [1.29, 1.82) is 0 Å². The van der Waals surface area contributed by atoms with Crippen LogP contribution < -0.4 is 10.1 Å². The third kappa shape index (κ3) is 4.83. The predicted octanol–water partition coefficient (Wildman–Crippen LogP) is 3.80. The van der Waals surface area contributed by atoms with E-state index < -0.39 is 0 Å². The van der Waals surface area contributed by atoms with E-state index in [9.17, 15) is 4.79 Å². The maximum absolute atomic E-state index is 13.2. The molecule has 1 amide bonds. The molecule has 32 heavy (non-hydrogen) atoms. The van der Waals surface area contributed by atoms with Gasteiger partial charge in [-0.05, 0) is 62.2 Å². The topological polar surface area (TPSA) is 72.3 Å². The van der Waals surface area contributed by atoms with E-state index in [2.05, 4.69) is 32.4 Å². The van der Waals surface area contributed by atoms with Gasteiger partial charge in [0, 0.05) is 12.7 Å². The van der Waals surface area contributed by atoms with Crippen molar-refractivity contribution in [3.05, 3.63) is 71.7 Å². The van der Waals surface area contributed by atoms with Gasteiger partial charge in [-0.1, -0.05) is 31.5 Å². The summed E-state index contributed by atoms with van der Waals surface area (Å²) in [6, 6.07) is 14.0. The first-order valence-corrected chi connectivity index (χ1v) is 11.4. The highest BCUT2D eigenvalue weighted by Crippen LogP contribution is 2.26. The van der Waals surface area contributed by atoms with Crippen LogP contribution in [0.4, 0.5) is 0 Å². The molecule has 0 aliphatic carbocycles. The molecule has 2 aromatic heterocycles. The van der Waals surface area contributed by atoms with Crippen molar-refractivity contribution >= 4 is 5.91 Å². The molecule has 0 bridgehead atoms. The van der Waals surface area contributed by atoms with Gasteiger partial charge >= 0.3 is 0 Å². The van der Waals surface area contributed by atoms with Gasteiger partial charge in [0.05, 0.1) is 30.6 Å². The van der Waals surface area contributed by atoms with Crippen molar-refractivity contribution in [2.45, 2.75) is 38.6 Å². The number of aromatic nitrogens is 3. The van der Waals surface area contributed by atoms with E-state index in [-0.39, 0.29) is 11.9 Å². The number of hydrogen-bond donors (Lipinski definition) is 1. The van der Waals surface area contributed by atoms with E-state index in [1.807, 2.05) is 37.3 Å². The van der Waals surface area contributed by atoms with Crippen LogP contribution in [0.5, 0.6) is 5.75 Å². The number of amides is 1. The highest BCUT2D eigenvalue weighted by Gasteiger charge is 2.24. The van der Waals surface area contributed by atoms with Crippen LogP contribution in [0.2, 0.25) is 0 Å². The zero-order chi connectivity index (χ0) is 22.3. The lowest BCUT2D eigenvalue weighted by Gasteiger charge is -2.35. The van der Waals surface area contributed by atoms with Gasteiger partial charge in [0.15, 0.2) is 5.82 Å². The Morgan fingerprint density at radius 1 is 1.12 bits per heavy atom. The number of pyridine rings is 1. The molecule has 7 nitrogen and oxygen atoms in total. The van der Waals surface area contributed by atoms with Crippen LogP contribution in [0.1, 0.15) is 53.8 Å². The van der Waals surface area contributed by atoms with Gasteiger partial charge in [-0.2, -0.15) is 5.10 Å². The first kappa shape index (κ1) is 22.0. The molecular formula is C25H31N5O2. The van der Waals surface area contributed by atoms with Gasteiger partial charge in [0.25, 0.3) is 5.91 Å². The third-order valence-corrected chi connectivity index (χ3v) is 6.10. The Kier molecular flexibility index (Phi) is 7.17. The van der Waals surface area contributed by atoms with Crippen molar-refractivity contribution in [2.24, 2.45) is 0 Å². The third-order valence-electron chi connectivity index (χ3n) is 6.10. The van der Waals surface area contributed by atoms with Crippen LogP contribution in [-0.2, 0) is 6.42 Å².